The highest BCUT2D eigenvalue weighted by Crippen LogP contribution is 2.35. The van der Waals surface area contributed by atoms with Crippen molar-refractivity contribution in [2.45, 2.75) is 0 Å². The fraction of sp³-hybridized carbons (Fsp3) is 0. The van der Waals surface area contributed by atoms with Gasteiger partial charge < -0.3 is 0 Å². The number of hydrogen-bond acceptors (Lipinski definition) is 2. The van der Waals surface area contributed by atoms with Gasteiger partial charge in [-0.2, -0.15) is 0 Å². The number of thiophene rings is 1. The van der Waals surface area contributed by atoms with Gasteiger partial charge in [-0.3, -0.25) is 4.98 Å². The van der Waals surface area contributed by atoms with Crippen LogP contribution in [-0.2, 0) is 0 Å². The third-order valence-electron chi connectivity index (χ3n) is 3.40. The zero-order chi connectivity index (χ0) is 12.7. The van der Waals surface area contributed by atoms with Gasteiger partial charge in [0.25, 0.3) is 0 Å². The molecular weight excluding hydrogens is 250 g/mol. The zero-order valence-corrected chi connectivity index (χ0v) is 11.0. The number of benzene rings is 2. The van der Waals surface area contributed by atoms with Gasteiger partial charge in [0, 0.05) is 22.0 Å². The van der Waals surface area contributed by atoms with Crippen LogP contribution in [0.25, 0.3) is 32.1 Å². The van der Waals surface area contributed by atoms with Crippen LogP contribution in [0.4, 0.5) is 0 Å². The molecule has 0 atom stereocenters. The lowest BCUT2D eigenvalue weighted by molar-refractivity contribution is 1.42. The molecule has 0 saturated carbocycles. The fourth-order valence-corrected chi connectivity index (χ4v) is 3.29. The van der Waals surface area contributed by atoms with Gasteiger partial charge in [0.2, 0.25) is 0 Å². The SMILES string of the molecule is c1csc(-c2cc3ccccc3c3cccnc23)c1. The number of rotatable bonds is 1. The van der Waals surface area contributed by atoms with Crippen molar-refractivity contribution in [1.29, 1.82) is 0 Å². The van der Waals surface area contributed by atoms with Crippen LogP contribution in [0, 0.1) is 0 Å². The molecule has 2 aromatic heterocycles. The summed E-state index contributed by atoms with van der Waals surface area (Å²) in [6.45, 7) is 0. The second-order valence-electron chi connectivity index (χ2n) is 4.52. The molecule has 2 heterocycles. The first-order valence-corrected chi connectivity index (χ1v) is 7.12. The molecule has 2 heteroatoms. The average Bonchev–Trinajstić information content (AvgIpc) is 3.00. The summed E-state index contributed by atoms with van der Waals surface area (Å²) in [5, 5.41) is 5.88. The second-order valence-corrected chi connectivity index (χ2v) is 5.47. The number of hydrogen-bond donors (Lipinski definition) is 0. The van der Waals surface area contributed by atoms with Crippen LogP contribution in [-0.4, -0.2) is 4.98 Å². The topological polar surface area (TPSA) is 12.9 Å². The van der Waals surface area contributed by atoms with Crippen LogP contribution in [0.1, 0.15) is 0 Å². The predicted octanol–water partition coefficient (Wildman–Crippen LogP) is 5.12. The normalized spacial score (nSPS) is 11.2. The summed E-state index contributed by atoms with van der Waals surface area (Å²) in [5.41, 5.74) is 2.31. The van der Waals surface area contributed by atoms with E-state index in [1.165, 1.54) is 26.6 Å². The van der Waals surface area contributed by atoms with Crippen LogP contribution in [0.15, 0.2) is 66.2 Å². The maximum Gasteiger partial charge on any atom is 0.0794 e. The van der Waals surface area contributed by atoms with Crippen LogP contribution >= 0.6 is 11.3 Å². The molecule has 0 saturated heterocycles. The Labute approximate surface area is 115 Å². The van der Waals surface area contributed by atoms with Gasteiger partial charge in [0.15, 0.2) is 0 Å². The molecule has 19 heavy (non-hydrogen) atoms. The first-order chi connectivity index (χ1) is 9.43. The van der Waals surface area contributed by atoms with Crippen LogP contribution < -0.4 is 0 Å². The van der Waals surface area contributed by atoms with Gasteiger partial charge >= 0.3 is 0 Å². The molecule has 0 spiro atoms. The molecular formula is C17H11NS. The van der Waals surface area contributed by atoms with Crippen molar-refractivity contribution in [1.82, 2.24) is 4.98 Å². The molecule has 4 aromatic rings. The number of nitrogens with zero attached hydrogens (tertiary/aromatic N) is 1. The Hall–Kier alpha value is -2.19. The summed E-state index contributed by atoms with van der Waals surface area (Å²) in [7, 11) is 0. The van der Waals surface area contributed by atoms with E-state index in [0.29, 0.717) is 0 Å². The van der Waals surface area contributed by atoms with Crippen LogP contribution in [0.5, 0.6) is 0 Å². The fourth-order valence-electron chi connectivity index (χ4n) is 2.55. The van der Waals surface area contributed by atoms with E-state index < -0.39 is 0 Å². The number of fused-ring (bicyclic) bond motifs is 3. The van der Waals surface area contributed by atoms with Crippen LogP contribution in [0.2, 0.25) is 0 Å². The minimum Gasteiger partial charge on any atom is -0.256 e. The van der Waals surface area contributed by atoms with Crippen LogP contribution in [0.3, 0.4) is 0 Å². The van der Waals surface area contributed by atoms with E-state index in [-0.39, 0.29) is 0 Å². The van der Waals surface area contributed by atoms with Crippen molar-refractivity contribution in [3.63, 3.8) is 0 Å². The third-order valence-corrected chi connectivity index (χ3v) is 4.30. The van der Waals surface area contributed by atoms with Gasteiger partial charge in [0.05, 0.1) is 5.52 Å². The Kier molecular flexibility index (Phi) is 2.35. The first-order valence-electron chi connectivity index (χ1n) is 6.24. The van der Waals surface area contributed by atoms with E-state index in [1.807, 2.05) is 12.3 Å². The standard InChI is InChI=1S/C17H11NS/c1-2-6-13-12(5-1)11-15(16-8-4-10-19-16)17-14(13)7-3-9-18-17/h1-11H. The molecule has 0 aliphatic rings. The van der Waals surface area contributed by atoms with Crippen molar-refractivity contribution in [3.05, 3.63) is 66.2 Å². The van der Waals surface area contributed by atoms with E-state index in [2.05, 4.69) is 58.9 Å². The van der Waals surface area contributed by atoms with Gasteiger partial charge in [-0.25, -0.2) is 0 Å². The highest BCUT2D eigenvalue weighted by Gasteiger charge is 2.09. The average molecular weight is 261 g/mol. The molecule has 0 radical (unpaired) electrons. The van der Waals surface area contributed by atoms with E-state index in [4.69, 9.17) is 0 Å². The highest BCUT2D eigenvalue weighted by molar-refractivity contribution is 7.13. The van der Waals surface area contributed by atoms with Crippen molar-refractivity contribution in [2.24, 2.45) is 0 Å². The first kappa shape index (κ1) is 10.7. The Morgan fingerprint density at radius 3 is 2.63 bits per heavy atom. The van der Waals surface area contributed by atoms with E-state index in [1.54, 1.807) is 11.3 Å². The number of aromatic nitrogens is 1. The van der Waals surface area contributed by atoms with Crippen molar-refractivity contribution in [3.8, 4) is 10.4 Å². The monoisotopic (exact) mass is 261 g/mol. The molecule has 0 aliphatic carbocycles. The number of pyridine rings is 1. The summed E-state index contributed by atoms with van der Waals surface area (Å²) >= 11 is 1.76. The molecule has 0 N–H and O–H groups in total. The lowest BCUT2D eigenvalue weighted by Crippen LogP contribution is -1.85. The zero-order valence-electron chi connectivity index (χ0n) is 10.2. The van der Waals surface area contributed by atoms with E-state index >= 15 is 0 Å². The van der Waals surface area contributed by atoms with Gasteiger partial charge in [-0.1, -0.05) is 36.4 Å². The molecule has 0 fully saturated rings. The lowest BCUT2D eigenvalue weighted by Gasteiger charge is -2.08. The highest BCUT2D eigenvalue weighted by atomic mass is 32.1. The quantitative estimate of drug-likeness (QED) is 0.433. The molecule has 2 aromatic carbocycles. The molecule has 0 aliphatic heterocycles. The van der Waals surface area contributed by atoms with Gasteiger partial charge in [-0.05, 0) is 34.4 Å². The molecule has 90 valence electrons. The minimum absolute atomic E-state index is 1.09. The van der Waals surface area contributed by atoms with E-state index in [0.717, 1.165) is 5.52 Å². The summed E-state index contributed by atoms with van der Waals surface area (Å²) in [6, 6.07) is 19.1. The summed E-state index contributed by atoms with van der Waals surface area (Å²) in [5.74, 6) is 0. The molecule has 1 nitrogen and oxygen atoms in total. The second kappa shape index (κ2) is 4.18. The van der Waals surface area contributed by atoms with Crippen molar-refractivity contribution < 1.29 is 0 Å². The van der Waals surface area contributed by atoms with Crippen molar-refractivity contribution >= 4 is 33.0 Å². The Bertz CT molecular complexity index is 863. The lowest BCUT2D eigenvalue weighted by atomic mass is 10.00. The predicted molar refractivity (Wildman–Crippen MR) is 82.6 cm³/mol. The minimum atomic E-state index is 1.09. The summed E-state index contributed by atoms with van der Waals surface area (Å²) in [4.78, 5) is 5.87. The maximum absolute atomic E-state index is 4.59. The molecule has 4 rings (SSSR count). The smallest absolute Gasteiger partial charge is 0.0794 e. The van der Waals surface area contributed by atoms with Gasteiger partial charge in [-0.15, -0.1) is 11.3 Å². The van der Waals surface area contributed by atoms with E-state index in [9.17, 15) is 0 Å². The molecule has 0 amide bonds. The molecule has 0 unspecified atom stereocenters. The third kappa shape index (κ3) is 1.65. The maximum atomic E-state index is 4.59. The summed E-state index contributed by atoms with van der Waals surface area (Å²) in [6.07, 6.45) is 1.87. The van der Waals surface area contributed by atoms with Gasteiger partial charge in [0.1, 0.15) is 0 Å². The summed E-state index contributed by atoms with van der Waals surface area (Å²) < 4.78 is 0. The van der Waals surface area contributed by atoms with Crippen molar-refractivity contribution in [2.75, 3.05) is 0 Å². The molecule has 0 bridgehead atoms. The Morgan fingerprint density at radius 1 is 0.842 bits per heavy atom. The Morgan fingerprint density at radius 2 is 1.74 bits per heavy atom. The largest absolute Gasteiger partial charge is 0.256 e. The Balaban J connectivity index is 2.22.